The summed E-state index contributed by atoms with van der Waals surface area (Å²) in [5, 5.41) is 28.2. The van der Waals surface area contributed by atoms with Crippen molar-refractivity contribution in [1.29, 1.82) is 5.41 Å². The molecule has 0 spiro atoms. The molecule has 8 nitrogen and oxygen atoms in total. The Morgan fingerprint density at radius 2 is 1.63 bits per heavy atom. The van der Waals surface area contributed by atoms with Gasteiger partial charge in [0.15, 0.2) is 0 Å². The van der Waals surface area contributed by atoms with Gasteiger partial charge in [-0.3, -0.25) is 15.5 Å². The van der Waals surface area contributed by atoms with E-state index in [1.54, 1.807) is 93.6 Å². The predicted molar refractivity (Wildman–Crippen MR) is 151 cm³/mol. The maximum absolute atomic E-state index is 13.4. The standard InChI is InChI=1S/C28H30BrClN4O4/c1-28(2,3)38-27(37)33-22(17-12-14-20(29)15-13-17)25(35)32-23(19-10-7-11-21(30)16-19)26(36)34-24(31)18-8-5-4-6-9-18/h4-16,22-23,25,32,35H,1-3H3,(H,33,37)(H2,31,34,36). The van der Waals surface area contributed by atoms with Gasteiger partial charge in [0.25, 0.3) is 0 Å². The molecule has 5 N–H and O–H groups in total. The number of carbonyl (C=O) groups excluding carboxylic acids is 2. The molecule has 3 aromatic carbocycles. The Hall–Kier alpha value is -3.24. The van der Waals surface area contributed by atoms with E-state index in [2.05, 4.69) is 31.9 Å². The summed E-state index contributed by atoms with van der Waals surface area (Å²) < 4.78 is 6.21. The van der Waals surface area contributed by atoms with E-state index < -0.39 is 35.9 Å². The van der Waals surface area contributed by atoms with Gasteiger partial charge in [0.05, 0.1) is 6.04 Å². The predicted octanol–water partition coefficient (Wildman–Crippen LogP) is 5.46. The van der Waals surface area contributed by atoms with Crippen LogP contribution in [-0.4, -0.2) is 34.8 Å². The molecule has 3 atom stereocenters. The van der Waals surface area contributed by atoms with E-state index in [0.717, 1.165) is 4.47 Å². The van der Waals surface area contributed by atoms with Crippen LogP contribution >= 0.6 is 27.5 Å². The van der Waals surface area contributed by atoms with Crippen molar-refractivity contribution in [2.45, 2.75) is 44.7 Å². The van der Waals surface area contributed by atoms with Crippen molar-refractivity contribution >= 4 is 45.4 Å². The van der Waals surface area contributed by atoms with Crippen molar-refractivity contribution in [3.05, 3.63) is 105 Å². The number of aliphatic hydroxyl groups excluding tert-OH is 1. The van der Waals surface area contributed by atoms with Crippen molar-refractivity contribution in [1.82, 2.24) is 16.0 Å². The summed E-state index contributed by atoms with van der Waals surface area (Å²) >= 11 is 9.58. The molecule has 0 saturated carbocycles. The Bertz CT molecular complexity index is 1270. The van der Waals surface area contributed by atoms with Crippen LogP contribution in [0.25, 0.3) is 0 Å². The molecule has 0 aliphatic carbocycles. The minimum atomic E-state index is -1.44. The molecule has 0 heterocycles. The summed E-state index contributed by atoms with van der Waals surface area (Å²) in [5.74, 6) is -0.692. The van der Waals surface area contributed by atoms with E-state index in [9.17, 15) is 14.7 Å². The molecule has 3 aromatic rings. The first kappa shape index (κ1) is 29.3. The van der Waals surface area contributed by atoms with Gasteiger partial charge in [0.2, 0.25) is 5.91 Å². The van der Waals surface area contributed by atoms with Gasteiger partial charge in [0.1, 0.15) is 23.7 Å². The van der Waals surface area contributed by atoms with Crippen LogP contribution < -0.4 is 16.0 Å². The van der Waals surface area contributed by atoms with Gasteiger partial charge in [0, 0.05) is 15.1 Å². The van der Waals surface area contributed by atoms with Crippen LogP contribution in [0.5, 0.6) is 0 Å². The zero-order valence-corrected chi connectivity index (χ0v) is 23.5. The first-order valence-electron chi connectivity index (χ1n) is 11.8. The zero-order valence-electron chi connectivity index (χ0n) is 21.2. The van der Waals surface area contributed by atoms with Crippen LogP contribution in [0, 0.1) is 5.41 Å². The summed E-state index contributed by atoms with van der Waals surface area (Å²) in [6.07, 6.45) is -2.18. The van der Waals surface area contributed by atoms with E-state index in [1.165, 1.54) is 0 Å². The third-order valence-corrected chi connectivity index (χ3v) is 6.07. The smallest absolute Gasteiger partial charge is 0.408 e. The summed E-state index contributed by atoms with van der Waals surface area (Å²) in [5.41, 5.74) is 0.793. The van der Waals surface area contributed by atoms with E-state index in [1.807, 2.05) is 6.07 Å². The Morgan fingerprint density at radius 3 is 2.24 bits per heavy atom. The number of alkyl carbamates (subject to hydrolysis) is 1. The summed E-state index contributed by atoms with van der Waals surface area (Å²) in [7, 11) is 0. The molecule has 0 aliphatic heterocycles. The molecule has 0 bridgehead atoms. The van der Waals surface area contributed by atoms with Gasteiger partial charge in [-0.15, -0.1) is 0 Å². The fourth-order valence-electron chi connectivity index (χ4n) is 3.60. The van der Waals surface area contributed by atoms with Crippen LogP contribution in [0.15, 0.2) is 83.3 Å². The van der Waals surface area contributed by atoms with Crippen LogP contribution in [0.1, 0.15) is 49.5 Å². The number of hydrogen-bond donors (Lipinski definition) is 5. The lowest BCUT2D eigenvalue weighted by molar-refractivity contribution is -0.123. The average Bonchev–Trinajstić information content (AvgIpc) is 2.85. The lowest BCUT2D eigenvalue weighted by atomic mass is 10.0. The summed E-state index contributed by atoms with van der Waals surface area (Å²) in [4.78, 5) is 26.0. The molecule has 0 saturated heterocycles. The van der Waals surface area contributed by atoms with E-state index in [-0.39, 0.29) is 5.84 Å². The molecular formula is C28H30BrClN4O4. The number of ether oxygens (including phenoxy) is 1. The van der Waals surface area contributed by atoms with Gasteiger partial charge in [-0.2, -0.15) is 0 Å². The Morgan fingerprint density at radius 1 is 0.974 bits per heavy atom. The Balaban J connectivity index is 1.90. The highest BCUT2D eigenvalue weighted by atomic mass is 79.9. The molecule has 38 heavy (non-hydrogen) atoms. The second-order valence-corrected chi connectivity index (χ2v) is 10.9. The molecule has 2 amide bonds. The summed E-state index contributed by atoms with van der Waals surface area (Å²) in [6, 6.07) is 20.3. The van der Waals surface area contributed by atoms with Crippen molar-refractivity contribution in [3.63, 3.8) is 0 Å². The maximum atomic E-state index is 13.4. The monoisotopic (exact) mass is 600 g/mol. The van der Waals surface area contributed by atoms with Crippen LogP contribution in [0.3, 0.4) is 0 Å². The SMILES string of the molecule is CC(C)(C)OC(=O)NC(c1ccc(Br)cc1)C(O)NC(C(=O)NC(=N)c1ccccc1)c1cccc(Cl)c1. The average molecular weight is 602 g/mol. The number of halogens is 2. The van der Waals surface area contributed by atoms with Crippen LogP contribution in [0.4, 0.5) is 4.79 Å². The van der Waals surface area contributed by atoms with E-state index in [0.29, 0.717) is 21.7 Å². The second-order valence-electron chi connectivity index (χ2n) is 9.51. The molecule has 10 heteroatoms. The van der Waals surface area contributed by atoms with Crippen LogP contribution in [0.2, 0.25) is 5.02 Å². The number of aliphatic hydroxyl groups is 1. The minimum absolute atomic E-state index is 0.102. The molecule has 0 aliphatic rings. The molecule has 3 unspecified atom stereocenters. The third kappa shape index (κ3) is 8.66. The molecule has 0 fully saturated rings. The van der Waals surface area contributed by atoms with E-state index in [4.69, 9.17) is 21.7 Å². The number of benzene rings is 3. The molecule has 3 rings (SSSR count). The van der Waals surface area contributed by atoms with Crippen molar-refractivity contribution in [2.24, 2.45) is 0 Å². The topological polar surface area (TPSA) is 124 Å². The first-order valence-corrected chi connectivity index (χ1v) is 13.0. The molecule has 0 radical (unpaired) electrons. The molecule has 200 valence electrons. The second kappa shape index (κ2) is 13.0. The van der Waals surface area contributed by atoms with Crippen molar-refractivity contribution in [2.75, 3.05) is 0 Å². The lowest BCUT2D eigenvalue weighted by Crippen LogP contribution is -2.50. The molecular weight excluding hydrogens is 572 g/mol. The normalized spacial score (nSPS) is 13.6. The Kier molecular flexibility index (Phi) is 10.0. The van der Waals surface area contributed by atoms with Gasteiger partial charge in [-0.25, -0.2) is 4.79 Å². The number of amidine groups is 1. The molecule has 0 aromatic heterocycles. The lowest BCUT2D eigenvalue weighted by Gasteiger charge is -2.30. The fourth-order valence-corrected chi connectivity index (χ4v) is 4.06. The van der Waals surface area contributed by atoms with Crippen molar-refractivity contribution < 1.29 is 19.4 Å². The quantitative estimate of drug-likeness (QED) is 0.133. The first-order chi connectivity index (χ1) is 17.9. The largest absolute Gasteiger partial charge is 0.444 e. The number of nitrogens with one attached hydrogen (secondary N) is 4. The summed E-state index contributed by atoms with van der Waals surface area (Å²) in [6.45, 7) is 5.20. The number of carbonyl (C=O) groups is 2. The van der Waals surface area contributed by atoms with Crippen LogP contribution in [-0.2, 0) is 9.53 Å². The highest BCUT2D eigenvalue weighted by Crippen LogP contribution is 2.24. The highest BCUT2D eigenvalue weighted by molar-refractivity contribution is 9.10. The number of rotatable bonds is 8. The maximum Gasteiger partial charge on any atom is 0.408 e. The van der Waals surface area contributed by atoms with Crippen molar-refractivity contribution in [3.8, 4) is 0 Å². The van der Waals surface area contributed by atoms with E-state index >= 15 is 0 Å². The minimum Gasteiger partial charge on any atom is -0.444 e. The third-order valence-electron chi connectivity index (χ3n) is 5.31. The Labute approximate surface area is 235 Å². The van der Waals surface area contributed by atoms with Gasteiger partial charge < -0.3 is 20.5 Å². The highest BCUT2D eigenvalue weighted by Gasteiger charge is 2.31. The van der Waals surface area contributed by atoms with Gasteiger partial charge >= 0.3 is 6.09 Å². The zero-order chi connectivity index (χ0) is 27.9. The van der Waals surface area contributed by atoms with Gasteiger partial charge in [-0.1, -0.05) is 82.1 Å². The number of amides is 2. The number of hydrogen-bond acceptors (Lipinski definition) is 6. The fraction of sp³-hybridized carbons (Fsp3) is 0.250. The van der Waals surface area contributed by atoms with Gasteiger partial charge in [-0.05, 0) is 56.2 Å².